The van der Waals surface area contributed by atoms with Gasteiger partial charge in [-0.3, -0.25) is 24.1 Å². The molecular weight excluding hydrogens is 639 g/mol. The maximum Gasteiger partial charge on any atom is 0.410 e. The lowest BCUT2D eigenvalue weighted by Crippen LogP contribution is -2.45. The molecule has 5 atom stereocenters. The number of carbonyl (C=O) groups is 5. The summed E-state index contributed by atoms with van der Waals surface area (Å²) in [4.78, 5) is 70.4. The highest BCUT2D eigenvalue weighted by atomic mass is 19.1. The van der Waals surface area contributed by atoms with Gasteiger partial charge < -0.3 is 20.3 Å². The van der Waals surface area contributed by atoms with Crippen molar-refractivity contribution in [2.75, 3.05) is 13.1 Å². The van der Waals surface area contributed by atoms with Crippen LogP contribution in [0, 0.1) is 23.1 Å². The summed E-state index contributed by atoms with van der Waals surface area (Å²) in [6.07, 6.45) is 7.86. The third-order valence-corrected chi connectivity index (χ3v) is 10.7. The smallest absolute Gasteiger partial charge is 0.410 e. The minimum Gasteiger partial charge on any atom is -0.444 e. The van der Waals surface area contributed by atoms with Crippen LogP contribution >= 0.6 is 0 Å². The second kappa shape index (κ2) is 15.6. The van der Waals surface area contributed by atoms with Crippen molar-refractivity contribution in [1.29, 1.82) is 0 Å². The highest BCUT2D eigenvalue weighted by Crippen LogP contribution is 2.57. The van der Waals surface area contributed by atoms with Crippen LogP contribution in [0.4, 0.5) is 9.18 Å². The van der Waals surface area contributed by atoms with Gasteiger partial charge in [0.2, 0.25) is 17.7 Å². The third kappa shape index (κ3) is 8.08. The van der Waals surface area contributed by atoms with Crippen LogP contribution < -0.4 is 10.6 Å². The fourth-order valence-corrected chi connectivity index (χ4v) is 7.62. The van der Waals surface area contributed by atoms with Gasteiger partial charge >= 0.3 is 6.09 Å². The Labute approximate surface area is 292 Å². The second-order valence-corrected chi connectivity index (χ2v) is 14.3. The van der Waals surface area contributed by atoms with Gasteiger partial charge in [-0.15, -0.1) is 0 Å². The summed E-state index contributed by atoms with van der Waals surface area (Å²) in [6.45, 7) is 2.81. The van der Waals surface area contributed by atoms with Crippen molar-refractivity contribution in [3.05, 3.63) is 83.2 Å². The first kappa shape index (κ1) is 35.3. The van der Waals surface area contributed by atoms with E-state index in [0.29, 0.717) is 24.9 Å². The van der Waals surface area contributed by atoms with Gasteiger partial charge in [-0.05, 0) is 48.8 Å². The van der Waals surface area contributed by atoms with Crippen LogP contribution in [-0.2, 0) is 43.5 Å². The minimum absolute atomic E-state index is 0.0573. The van der Waals surface area contributed by atoms with E-state index in [0.717, 1.165) is 36.8 Å². The number of hydrogen-bond donors (Lipinski definition) is 2. The maximum absolute atomic E-state index is 14.3. The minimum atomic E-state index is -0.964. The molecule has 3 heterocycles. The molecule has 2 aromatic carbocycles. The Kier molecular flexibility index (Phi) is 11.0. The van der Waals surface area contributed by atoms with Crippen LogP contribution in [0.15, 0.2) is 60.7 Å². The number of Topliss-reactive ketones (excluding diaryl/α,β-unsaturated/α-hetero) is 1. The van der Waals surface area contributed by atoms with Crippen molar-refractivity contribution in [2.45, 2.75) is 96.5 Å². The summed E-state index contributed by atoms with van der Waals surface area (Å²) in [7, 11) is 0. The molecule has 4 aliphatic rings. The topological polar surface area (TPSA) is 125 Å². The number of ether oxygens (including phenoxy) is 1. The number of nitrogens with one attached hydrogen (secondary N) is 2. The summed E-state index contributed by atoms with van der Waals surface area (Å²) < 4.78 is 20.2. The Morgan fingerprint density at radius 1 is 1.00 bits per heavy atom. The summed E-state index contributed by atoms with van der Waals surface area (Å²) in [5.74, 6) is -1.65. The number of ketones is 1. The van der Waals surface area contributed by atoms with Gasteiger partial charge in [0.1, 0.15) is 11.9 Å². The first-order valence-corrected chi connectivity index (χ1v) is 17.9. The molecule has 3 aliphatic heterocycles. The molecule has 1 aliphatic carbocycles. The Bertz CT molecular complexity index is 1630. The normalized spacial score (nSPS) is 27.2. The number of fused-ring (bicyclic) bond motifs is 3. The molecular formula is C39H47FN4O6. The first-order valence-electron chi connectivity index (χ1n) is 17.9. The molecule has 11 heteroatoms. The summed E-state index contributed by atoms with van der Waals surface area (Å²) >= 11 is 0. The number of amides is 4. The standard InChI is InChI=1S/C39H47FN4O6/c1-26-11-6-3-2-4-9-15-29-20-39(29,37(48)41-18-17-35(46)42-22-27-12-7-5-8-13-27)21-34(45)33-19-30(24-44(33)36(26)47)50-38(49)43-23-28-14-10-16-32(40)31(28)25-43/h5,7-10,12-16,26,29-30,33H,2-4,6,11,17-25H2,1H3,(H,41,48)(H,42,46)/b15-9-/t26-,29+,30+,33-,39+/m0/s1. The predicted molar refractivity (Wildman–Crippen MR) is 184 cm³/mol. The zero-order valence-corrected chi connectivity index (χ0v) is 28.7. The van der Waals surface area contributed by atoms with Crippen LogP contribution in [0.3, 0.4) is 0 Å². The molecule has 4 amide bonds. The summed E-state index contributed by atoms with van der Waals surface area (Å²) in [5.41, 5.74) is 1.21. The van der Waals surface area contributed by atoms with Gasteiger partial charge in [-0.25, -0.2) is 9.18 Å². The number of halogens is 1. The molecule has 0 radical (unpaired) electrons. The Balaban J connectivity index is 1.11. The quantitative estimate of drug-likeness (QED) is 0.387. The molecule has 2 N–H and O–H groups in total. The van der Waals surface area contributed by atoms with Crippen LogP contribution in [0.1, 0.15) is 81.4 Å². The van der Waals surface area contributed by atoms with Gasteiger partial charge in [0.15, 0.2) is 5.78 Å². The molecule has 10 nitrogen and oxygen atoms in total. The zero-order valence-electron chi connectivity index (χ0n) is 28.7. The second-order valence-electron chi connectivity index (χ2n) is 14.3. The molecule has 1 saturated carbocycles. The van der Waals surface area contributed by atoms with Crippen molar-refractivity contribution in [2.24, 2.45) is 17.3 Å². The van der Waals surface area contributed by atoms with Crippen LogP contribution in [0.2, 0.25) is 0 Å². The van der Waals surface area contributed by atoms with Crippen molar-refractivity contribution in [3.63, 3.8) is 0 Å². The van der Waals surface area contributed by atoms with E-state index in [1.54, 1.807) is 17.0 Å². The number of allylic oxidation sites excluding steroid dienone is 2. The Morgan fingerprint density at radius 2 is 1.82 bits per heavy atom. The molecule has 0 spiro atoms. The Morgan fingerprint density at radius 3 is 2.62 bits per heavy atom. The van der Waals surface area contributed by atoms with Crippen molar-refractivity contribution in [1.82, 2.24) is 20.4 Å². The molecule has 266 valence electrons. The fraction of sp³-hybridized carbons (Fsp3) is 0.513. The lowest BCUT2D eigenvalue weighted by molar-refractivity contribution is -0.142. The molecule has 0 unspecified atom stereocenters. The SMILES string of the molecule is C[C@H]1CCCCC/C=C\[C@@H]2C[C@@]2(C(=O)NCCC(=O)NCc2ccccc2)CC(=O)[C@@H]2C[C@@H](OC(=O)N3Cc4cccc(F)c4C3)CN2C1=O. The summed E-state index contributed by atoms with van der Waals surface area (Å²) in [6, 6.07) is 13.5. The van der Waals surface area contributed by atoms with Crippen molar-refractivity contribution < 1.29 is 33.1 Å². The number of carbonyl (C=O) groups excluding carboxylic acids is 5. The molecule has 0 aromatic heterocycles. The third-order valence-electron chi connectivity index (χ3n) is 10.7. The van der Waals surface area contributed by atoms with E-state index in [1.807, 2.05) is 43.3 Å². The molecule has 0 bridgehead atoms. The average molecular weight is 687 g/mol. The number of rotatable bonds is 7. The van der Waals surface area contributed by atoms with E-state index in [1.165, 1.54) is 11.0 Å². The first-order chi connectivity index (χ1) is 24.1. The number of hydrogen-bond acceptors (Lipinski definition) is 6. The highest BCUT2D eigenvalue weighted by molar-refractivity contribution is 5.97. The van der Waals surface area contributed by atoms with E-state index >= 15 is 0 Å². The van der Waals surface area contributed by atoms with E-state index in [9.17, 15) is 28.4 Å². The van der Waals surface area contributed by atoms with E-state index in [2.05, 4.69) is 16.7 Å². The van der Waals surface area contributed by atoms with Crippen molar-refractivity contribution in [3.8, 4) is 0 Å². The van der Waals surface area contributed by atoms with E-state index < -0.39 is 23.7 Å². The molecule has 6 rings (SSSR count). The lowest BCUT2D eigenvalue weighted by atomic mass is 9.90. The van der Waals surface area contributed by atoms with Gasteiger partial charge in [-0.2, -0.15) is 0 Å². The fourth-order valence-electron chi connectivity index (χ4n) is 7.62. The van der Waals surface area contributed by atoms with Crippen LogP contribution in [0.5, 0.6) is 0 Å². The highest BCUT2D eigenvalue weighted by Gasteiger charge is 2.60. The van der Waals surface area contributed by atoms with Crippen LogP contribution in [-0.4, -0.2) is 64.6 Å². The summed E-state index contributed by atoms with van der Waals surface area (Å²) in [5, 5.41) is 5.78. The van der Waals surface area contributed by atoms with Gasteiger partial charge in [0, 0.05) is 50.4 Å². The zero-order chi connectivity index (χ0) is 35.3. The monoisotopic (exact) mass is 686 g/mol. The Hall–Kier alpha value is -4.54. The average Bonchev–Trinajstić information content (AvgIpc) is 3.40. The molecule has 2 aromatic rings. The maximum atomic E-state index is 14.3. The lowest BCUT2D eigenvalue weighted by Gasteiger charge is -2.27. The largest absolute Gasteiger partial charge is 0.444 e. The molecule has 50 heavy (non-hydrogen) atoms. The van der Waals surface area contributed by atoms with E-state index in [-0.39, 0.29) is 86.6 Å². The molecule has 2 fully saturated rings. The number of benzene rings is 2. The van der Waals surface area contributed by atoms with Crippen molar-refractivity contribution >= 4 is 29.6 Å². The van der Waals surface area contributed by atoms with Crippen LogP contribution in [0.25, 0.3) is 0 Å². The van der Waals surface area contributed by atoms with Gasteiger partial charge in [0.25, 0.3) is 0 Å². The van der Waals surface area contributed by atoms with E-state index in [4.69, 9.17) is 4.74 Å². The van der Waals surface area contributed by atoms with Gasteiger partial charge in [0.05, 0.1) is 24.5 Å². The van der Waals surface area contributed by atoms with Gasteiger partial charge in [-0.1, -0.05) is 74.4 Å². The molecule has 1 saturated heterocycles. The number of nitrogens with zero attached hydrogens (tertiary/aromatic N) is 2. The predicted octanol–water partition coefficient (Wildman–Crippen LogP) is 5.19.